The molecule has 3 aromatic carbocycles. The summed E-state index contributed by atoms with van der Waals surface area (Å²) in [5, 5.41) is 15.2. The molecule has 0 amide bonds. The maximum atomic E-state index is 12.2. The monoisotopic (exact) mass is 785 g/mol. The van der Waals surface area contributed by atoms with Crippen LogP contribution in [0.1, 0.15) is 105 Å². The second kappa shape index (κ2) is 15.7. The van der Waals surface area contributed by atoms with Crippen molar-refractivity contribution in [3.63, 3.8) is 0 Å². The minimum absolute atomic E-state index is 0. The van der Waals surface area contributed by atoms with Crippen LogP contribution in [0.25, 0.3) is 32.8 Å². The van der Waals surface area contributed by atoms with Crippen LogP contribution in [0.3, 0.4) is 0 Å². The largest absolute Gasteiger partial charge is 0.512 e. The van der Waals surface area contributed by atoms with Crippen LogP contribution in [-0.4, -0.2) is 15.9 Å². The van der Waals surface area contributed by atoms with Crippen molar-refractivity contribution in [2.24, 2.45) is 16.2 Å². The van der Waals surface area contributed by atoms with E-state index in [0.717, 1.165) is 48.9 Å². The minimum Gasteiger partial charge on any atom is -0.512 e. The van der Waals surface area contributed by atoms with Gasteiger partial charge in [-0.1, -0.05) is 106 Å². The first-order valence-corrected chi connectivity index (χ1v) is 16.4. The normalized spacial score (nSPS) is 12.5. The Morgan fingerprint density at radius 2 is 1.40 bits per heavy atom. The molecule has 1 radical (unpaired) electrons. The van der Waals surface area contributed by atoms with E-state index in [0.29, 0.717) is 5.41 Å². The molecule has 1 heterocycles. The van der Waals surface area contributed by atoms with E-state index >= 15 is 0 Å². The number of nitrogens with zero attached hydrogens (tertiary/aromatic N) is 1. The number of ketones is 1. The first kappa shape index (κ1) is 38.4. The number of aryl methyl sites for hydroxylation is 2. The fourth-order valence-electron chi connectivity index (χ4n) is 5.69. The number of fused-ring (bicyclic) bond motifs is 3. The number of carbonyl (C=O) groups excluding carboxylic acids is 1. The van der Waals surface area contributed by atoms with Gasteiger partial charge in [0.15, 0.2) is 5.78 Å². The van der Waals surface area contributed by atoms with E-state index < -0.39 is 0 Å². The summed E-state index contributed by atoms with van der Waals surface area (Å²) >= 11 is 0. The van der Waals surface area contributed by atoms with Gasteiger partial charge in [0.2, 0.25) is 0 Å². The molecule has 1 aromatic heterocycles. The summed E-state index contributed by atoms with van der Waals surface area (Å²) in [5.74, 6) is 0.286. The Morgan fingerprint density at radius 3 is 1.96 bits per heavy atom. The molecular formula is C41H54IrNO2-. The molecule has 0 fully saturated rings. The minimum atomic E-state index is -0.337. The van der Waals surface area contributed by atoms with E-state index in [-0.39, 0.29) is 42.5 Å². The van der Waals surface area contributed by atoms with Crippen molar-refractivity contribution in [3.05, 3.63) is 89.3 Å². The Labute approximate surface area is 286 Å². The molecule has 0 bridgehead atoms. The molecule has 0 aliphatic heterocycles. The van der Waals surface area contributed by atoms with Gasteiger partial charge >= 0.3 is 0 Å². The quantitative estimate of drug-likeness (QED) is 0.0796. The summed E-state index contributed by atoms with van der Waals surface area (Å²) in [6, 6.07) is 21.3. The number of benzene rings is 3. The van der Waals surface area contributed by atoms with Crippen molar-refractivity contribution < 1.29 is 30.0 Å². The van der Waals surface area contributed by atoms with Crippen LogP contribution in [0.15, 0.2) is 66.6 Å². The van der Waals surface area contributed by atoms with E-state index in [1.807, 2.05) is 47.7 Å². The molecule has 0 atom stereocenters. The Morgan fingerprint density at radius 1 is 0.800 bits per heavy atom. The zero-order chi connectivity index (χ0) is 32.9. The topological polar surface area (TPSA) is 50.2 Å². The maximum absolute atomic E-state index is 12.2. The van der Waals surface area contributed by atoms with E-state index in [1.54, 1.807) is 0 Å². The van der Waals surface area contributed by atoms with Crippen LogP contribution in [-0.2, 0) is 31.3 Å². The van der Waals surface area contributed by atoms with Gasteiger partial charge < -0.3 is 10.1 Å². The molecule has 0 aliphatic rings. The molecule has 4 heteroatoms. The van der Waals surface area contributed by atoms with E-state index in [9.17, 15) is 9.90 Å². The molecule has 4 aromatic rings. The number of hydrogen-bond donors (Lipinski definition) is 1. The second-order valence-corrected chi connectivity index (χ2v) is 14.3. The SMILES string of the molecule is CCC(C)(CC)C(=O)/C=C(\O)C(C)(CC)CC.Cc1[c-]c(-c2nccc3c2ccc2cc(CC(C)(C)C)ccc23)cc(C)c1.[Ir]. The first-order valence-electron chi connectivity index (χ1n) is 16.4. The second-order valence-electron chi connectivity index (χ2n) is 14.3. The molecule has 245 valence electrons. The Kier molecular flexibility index (Phi) is 13.3. The molecule has 0 aliphatic carbocycles. The molecule has 3 nitrogen and oxygen atoms in total. The van der Waals surface area contributed by atoms with Crippen LogP contribution >= 0.6 is 0 Å². The van der Waals surface area contributed by atoms with Crippen molar-refractivity contribution in [1.82, 2.24) is 4.98 Å². The third kappa shape index (κ3) is 9.36. The molecule has 0 saturated carbocycles. The third-order valence-corrected chi connectivity index (χ3v) is 9.57. The number of aromatic nitrogens is 1. The number of pyridine rings is 1. The Bertz CT molecular complexity index is 1610. The third-order valence-electron chi connectivity index (χ3n) is 9.57. The van der Waals surface area contributed by atoms with E-state index in [1.165, 1.54) is 38.7 Å². The molecular weight excluding hydrogens is 731 g/mol. The standard InChI is InChI=1S/C26H26N.C15H28O2.Ir/c1-17-12-18(2)14-21(13-17)25-24-9-7-20-15-19(16-26(3,4)5)6-8-22(20)23(24)10-11-27-25;1-7-14(5,8-2)12(16)11-13(17)15(6,9-3)10-4;/h6-13,15H,16H2,1-5H3;11,16H,7-10H2,1-6H3;/q-1;;/b;12-11-;. The van der Waals surface area contributed by atoms with Crippen molar-refractivity contribution in [1.29, 1.82) is 0 Å². The van der Waals surface area contributed by atoms with Gasteiger partial charge in [-0.05, 0) is 76.4 Å². The smallest absolute Gasteiger partial charge is 0.164 e. The Balaban J connectivity index is 0.000000343. The van der Waals surface area contributed by atoms with Crippen LogP contribution < -0.4 is 0 Å². The van der Waals surface area contributed by atoms with Gasteiger partial charge in [0, 0.05) is 43.2 Å². The molecule has 1 N–H and O–H groups in total. The van der Waals surface area contributed by atoms with Crippen molar-refractivity contribution in [3.8, 4) is 11.3 Å². The number of rotatable bonds is 9. The van der Waals surface area contributed by atoms with Crippen molar-refractivity contribution in [2.75, 3.05) is 0 Å². The summed E-state index contributed by atoms with van der Waals surface area (Å²) in [4.78, 5) is 16.9. The van der Waals surface area contributed by atoms with E-state index in [4.69, 9.17) is 4.98 Å². The average molecular weight is 785 g/mol. The fourth-order valence-corrected chi connectivity index (χ4v) is 5.69. The summed E-state index contributed by atoms with van der Waals surface area (Å²) in [5.41, 5.74) is 5.56. The predicted octanol–water partition coefficient (Wildman–Crippen LogP) is 11.7. The van der Waals surface area contributed by atoms with Crippen LogP contribution in [0.2, 0.25) is 0 Å². The van der Waals surface area contributed by atoms with Crippen LogP contribution in [0, 0.1) is 36.2 Å². The molecule has 0 spiro atoms. The predicted molar refractivity (Wildman–Crippen MR) is 189 cm³/mol. The average Bonchev–Trinajstić information content (AvgIpc) is 2.98. The fraction of sp³-hybridized carbons (Fsp3) is 0.463. The number of carbonyl (C=O) groups is 1. The zero-order valence-corrected chi connectivity index (χ0v) is 31.8. The summed E-state index contributed by atoms with van der Waals surface area (Å²) < 4.78 is 0. The number of aliphatic hydroxyl groups is 1. The van der Waals surface area contributed by atoms with E-state index in [2.05, 4.69) is 89.2 Å². The van der Waals surface area contributed by atoms with Gasteiger partial charge in [0.05, 0.1) is 0 Å². The van der Waals surface area contributed by atoms with Crippen LogP contribution in [0.4, 0.5) is 0 Å². The van der Waals surface area contributed by atoms with Gasteiger partial charge in [-0.3, -0.25) is 4.79 Å². The zero-order valence-electron chi connectivity index (χ0n) is 29.4. The van der Waals surface area contributed by atoms with Gasteiger partial charge in [-0.15, -0.1) is 34.9 Å². The number of hydrogen-bond acceptors (Lipinski definition) is 3. The summed E-state index contributed by atoms with van der Waals surface area (Å²) in [6.45, 7) is 23.2. The van der Waals surface area contributed by atoms with Crippen molar-refractivity contribution in [2.45, 2.75) is 108 Å². The first-order chi connectivity index (χ1) is 20.6. The molecule has 4 rings (SSSR count). The number of allylic oxidation sites excluding steroid dienone is 2. The van der Waals surface area contributed by atoms with Crippen molar-refractivity contribution >= 4 is 27.3 Å². The maximum Gasteiger partial charge on any atom is 0.164 e. The molecule has 45 heavy (non-hydrogen) atoms. The summed E-state index contributed by atoms with van der Waals surface area (Å²) in [6.07, 6.45) is 7.76. The van der Waals surface area contributed by atoms with Gasteiger partial charge in [0.25, 0.3) is 0 Å². The number of aliphatic hydroxyl groups excluding tert-OH is 1. The van der Waals surface area contributed by atoms with Gasteiger partial charge in [-0.2, -0.15) is 0 Å². The molecule has 0 saturated heterocycles. The molecule has 0 unspecified atom stereocenters. The van der Waals surface area contributed by atoms with Gasteiger partial charge in [0.1, 0.15) is 5.76 Å². The van der Waals surface area contributed by atoms with Gasteiger partial charge in [-0.25, -0.2) is 0 Å². The van der Waals surface area contributed by atoms with Crippen LogP contribution in [0.5, 0.6) is 0 Å². The summed E-state index contributed by atoms with van der Waals surface area (Å²) in [7, 11) is 0. The Hall–Kier alpha value is -2.81.